The summed E-state index contributed by atoms with van der Waals surface area (Å²) in [6, 6.07) is 4.99. The Balaban J connectivity index is 1.77. The van der Waals surface area contributed by atoms with Gasteiger partial charge in [0, 0.05) is 26.3 Å². The monoisotopic (exact) mass is 345 g/mol. The van der Waals surface area contributed by atoms with Gasteiger partial charge in [0.25, 0.3) is 5.91 Å². The van der Waals surface area contributed by atoms with Crippen molar-refractivity contribution in [1.29, 1.82) is 0 Å². The third-order valence-corrected chi connectivity index (χ3v) is 5.25. The summed E-state index contributed by atoms with van der Waals surface area (Å²) < 4.78 is 5.32. The van der Waals surface area contributed by atoms with Crippen LogP contribution in [-0.4, -0.2) is 53.3 Å². The number of carbonyl (C=O) groups excluding carboxylic acids is 1. The van der Waals surface area contributed by atoms with Gasteiger partial charge in [-0.2, -0.15) is 0 Å². The van der Waals surface area contributed by atoms with Gasteiger partial charge in [-0.25, -0.2) is 0 Å². The van der Waals surface area contributed by atoms with E-state index < -0.39 is 11.4 Å². The highest BCUT2D eigenvalue weighted by molar-refractivity contribution is 5.97. The summed E-state index contributed by atoms with van der Waals surface area (Å²) in [7, 11) is 0. The van der Waals surface area contributed by atoms with E-state index in [4.69, 9.17) is 4.74 Å². The Hall–Kier alpha value is -2.34. The number of carboxylic acids is 1. The Morgan fingerprint density at radius 2 is 1.96 bits per heavy atom. The minimum absolute atomic E-state index is 0.0220. The normalized spacial score (nSPS) is 20.0. The third-order valence-electron chi connectivity index (χ3n) is 5.25. The van der Waals surface area contributed by atoms with Crippen LogP contribution >= 0.6 is 0 Å². The molecule has 0 atom stereocenters. The van der Waals surface area contributed by atoms with Crippen LogP contribution in [0.1, 0.15) is 35.2 Å². The fourth-order valence-corrected chi connectivity index (χ4v) is 3.67. The Bertz CT molecular complexity index is 719. The first-order valence-corrected chi connectivity index (χ1v) is 8.53. The lowest BCUT2D eigenvalue weighted by Gasteiger charge is -2.38. The highest BCUT2D eigenvalue weighted by Crippen LogP contribution is 2.41. The molecule has 0 radical (unpaired) electrons. The van der Waals surface area contributed by atoms with Crippen LogP contribution in [0.4, 0.5) is 0 Å². The summed E-state index contributed by atoms with van der Waals surface area (Å²) in [5, 5.41) is 19.8. The average molecular weight is 345 g/mol. The summed E-state index contributed by atoms with van der Waals surface area (Å²) in [4.78, 5) is 26.1. The molecule has 25 heavy (non-hydrogen) atoms. The molecule has 0 spiro atoms. The van der Waals surface area contributed by atoms with Gasteiger partial charge in [0.15, 0.2) is 0 Å². The van der Waals surface area contributed by atoms with Gasteiger partial charge in [-0.05, 0) is 43.9 Å². The van der Waals surface area contributed by atoms with Gasteiger partial charge in [0.1, 0.15) is 5.75 Å². The Morgan fingerprint density at radius 1 is 1.24 bits per heavy atom. The second-order valence-corrected chi connectivity index (χ2v) is 6.75. The van der Waals surface area contributed by atoms with Gasteiger partial charge < -0.3 is 19.8 Å². The van der Waals surface area contributed by atoms with E-state index in [9.17, 15) is 19.8 Å². The van der Waals surface area contributed by atoms with E-state index in [1.165, 1.54) is 0 Å². The molecule has 6 nitrogen and oxygen atoms in total. The quantitative estimate of drug-likeness (QED) is 0.821. The van der Waals surface area contributed by atoms with E-state index in [1.807, 2.05) is 13.0 Å². The molecular weight excluding hydrogens is 322 g/mol. The second-order valence-electron chi connectivity index (χ2n) is 6.75. The molecule has 2 N–H and O–H groups in total. The molecular formula is C19H23NO5. The number of amides is 1. The number of carboxylic acid groups (broad SMARTS) is 1. The maximum Gasteiger partial charge on any atom is 0.313 e. The highest BCUT2D eigenvalue weighted by atomic mass is 16.5. The summed E-state index contributed by atoms with van der Waals surface area (Å²) in [6.07, 6.45) is 3.35. The van der Waals surface area contributed by atoms with Gasteiger partial charge in [0.2, 0.25) is 0 Å². The van der Waals surface area contributed by atoms with Crippen LogP contribution in [0.5, 0.6) is 5.75 Å². The first kappa shape index (κ1) is 17.5. The number of benzene rings is 1. The highest BCUT2D eigenvalue weighted by Gasteiger charge is 2.44. The van der Waals surface area contributed by atoms with Crippen molar-refractivity contribution < 1.29 is 24.5 Å². The summed E-state index contributed by atoms with van der Waals surface area (Å²) in [6.45, 7) is 3.56. The number of rotatable bonds is 3. The molecule has 2 heterocycles. The van der Waals surface area contributed by atoms with Crippen LogP contribution in [0.15, 0.2) is 29.8 Å². The lowest BCUT2D eigenvalue weighted by molar-refractivity contribution is -0.151. The smallest absolute Gasteiger partial charge is 0.313 e. The third kappa shape index (κ3) is 3.26. The topological polar surface area (TPSA) is 87.1 Å². The van der Waals surface area contributed by atoms with Crippen LogP contribution in [0.2, 0.25) is 0 Å². The number of ether oxygens (including phenoxy) is 1. The first-order valence-electron chi connectivity index (χ1n) is 8.53. The number of phenolic OH excluding ortho intramolecular Hbond substituents is 1. The predicted octanol–water partition coefficient (Wildman–Crippen LogP) is 2.35. The molecule has 0 aromatic heterocycles. The lowest BCUT2D eigenvalue weighted by atomic mass is 9.71. The van der Waals surface area contributed by atoms with Crippen molar-refractivity contribution in [2.45, 2.75) is 26.2 Å². The number of aryl methyl sites for hydroxylation is 1. The molecule has 1 fully saturated rings. The van der Waals surface area contributed by atoms with Gasteiger partial charge >= 0.3 is 5.97 Å². The molecule has 0 saturated carbocycles. The molecule has 6 heteroatoms. The summed E-state index contributed by atoms with van der Waals surface area (Å²) in [5.41, 5.74) is 1.19. The Kier molecular flexibility index (Phi) is 4.81. The van der Waals surface area contributed by atoms with E-state index in [0.717, 1.165) is 11.1 Å². The zero-order valence-electron chi connectivity index (χ0n) is 14.3. The second kappa shape index (κ2) is 6.88. The van der Waals surface area contributed by atoms with E-state index in [0.29, 0.717) is 45.6 Å². The fraction of sp³-hybridized carbons (Fsp3) is 0.474. The molecule has 1 aromatic rings. The maximum atomic E-state index is 12.6. The number of nitrogens with zero attached hydrogens (tertiary/aromatic N) is 1. The van der Waals surface area contributed by atoms with Gasteiger partial charge in [0.05, 0.1) is 11.0 Å². The molecule has 2 aliphatic heterocycles. The first-order chi connectivity index (χ1) is 11.9. The number of phenols is 1. The Morgan fingerprint density at radius 3 is 2.52 bits per heavy atom. The van der Waals surface area contributed by atoms with Crippen molar-refractivity contribution in [3.63, 3.8) is 0 Å². The minimum Gasteiger partial charge on any atom is -0.507 e. The predicted molar refractivity (Wildman–Crippen MR) is 91.6 cm³/mol. The zero-order valence-corrected chi connectivity index (χ0v) is 14.3. The lowest BCUT2D eigenvalue weighted by Crippen LogP contribution is -2.43. The van der Waals surface area contributed by atoms with E-state index in [2.05, 4.69) is 0 Å². The average Bonchev–Trinajstić information content (AvgIpc) is 2.62. The van der Waals surface area contributed by atoms with Crippen molar-refractivity contribution in [3.05, 3.63) is 41.0 Å². The van der Waals surface area contributed by atoms with Crippen molar-refractivity contribution in [2.75, 3.05) is 26.3 Å². The number of aliphatic carboxylic acids is 1. The van der Waals surface area contributed by atoms with Crippen molar-refractivity contribution in [1.82, 2.24) is 4.90 Å². The van der Waals surface area contributed by atoms with Crippen LogP contribution in [0.25, 0.3) is 0 Å². The van der Waals surface area contributed by atoms with E-state index >= 15 is 0 Å². The van der Waals surface area contributed by atoms with Gasteiger partial charge in [-0.15, -0.1) is 0 Å². The molecule has 2 aliphatic rings. The molecule has 1 saturated heterocycles. The van der Waals surface area contributed by atoms with Crippen molar-refractivity contribution in [3.8, 4) is 5.75 Å². The van der Waals surface area contributed by atoms with E-state index in [-0.39, 0.29) is 17.2 Å². The SMILES string of the molecule is Cc1ccc(C(=O)N2CC=C(C3(C(=O)O)CCOCC3)CC2)c(O)c1. The van der Waals surface area contributed by atoms with Crippen LogP contribution < -0.4 is 0 Å². The van der Waals surface area contributed by atoms with Gasteiger partial charge in [-0.3, -0.25) is 9.59 Å². The van der Waals surface area contributed by atoms with Crippen LogP contribution in [-0.2, 0) is 9.53 Å². The number of hydrogen-bond acceptors (Lipinski definition) is 4. The number of carbonyl (C=O) groups is 2. The number of hydrogen-bond donors (Lipinski definition) is 2. The number of aromatic hydroxyl groups is 1. The summed E-state index contributed by atoms with van der Waals surface area (Å²) >= 11 is 0. The molecule has 0 bridgehead atoms. The van der Waals surface area contributed by atoms with E-state index in [1.54, 1.807) is 23.1 Å². The Labute approximate surface area is 146 Å². The van der Waals surface area contributed by atoms with Crippen molar-refractivity contribution >= 4 is 11.9 Å². The molecule has 134 valence electrons. The van der Waals surface area contributed by atoms with Gasteiger partial charge in [-0.1, -0.05) is 17.7 Å². The van der Waals surface area contributed by atoms with Crippen LogP contribution in [0, 0.1) is 12.3 Å². The molecule has 0 unspecified atom stereocenters. The molecule has 1 amide bonds. The zero-order chi connectivity index (χ0) is 18.0. The molecule has 3 rings (SSSR count). The summed E-state index contributed by atoms with van der Waals surface area (Å²) in [5.74, 6) is -1.06. The van der Waals surface area contributed by atoms with Crippen molar-refractivity contribution in [2.24, 2.45) is 5.41 Å². The molecule has 0 aliphatic carbocycles. The largest absolute Gasteiger partial charge is 0.507 e. The molecule has 1 aromatic carbocycles. The standard InChI is InChI=1S/C19H23NO5/c1-13-2-3-15(16(21)12-13)17(22)20-8-4-14(5-9-20)19(18(23)24)6-10-25-11-7-19/h2-4,12,21H,5-11H2,1H3,(H,23,24). The van der Waals surface area contributed by atoms with Crippen LogP contribution in [0.3, 0.4) is 0 Å². The fourth-order valence-electron chi connectivity index (χ4n) is 3.67. The minimum atomic E-state index is -0.862. The maximum absolute atomic E-state index is 12.6.